The van der Waals surface area contributed by atoms with Crippen molar-refractivity contribution < 1.29 is 4.79 Å². The van der Waals surface area contributed by atoms with Gasteiger partial charge in [0.05, 0.1) is 0 Å². The molecule has 1 aliphatic rings. The zero-order valence-electron chi connectivity index (χ0n) is 18.3. The van der Waals surface area contributed by atoms with Crippen molar-refractivity contribution in [3.63, 3.8) is 0 Å². The molecule has 2 nitrogen and oxygen atoms in total. The summed E-state index contributed by atoms with van der Waals surface area (Å²) in [6.07, 6.45) is 20.3. The van der Waals surface area contributed by atoms with E-state index in [9.17, 15) is 4.79 Å². The second kappa shape index (κ2) is 14.7. The second-order valence-electron chi connectivity index (χ2n) is 8.75. The molecular formula is C26H43NO. The first kappa shape index (κ1) is 23.0. The van der Waals surface area contributed by atoms with E-state index in [1.54, 1.807) is 0 Å². The van der Waals surface area contributed by atoms with Crippen LogP contribution in [-0.4, -0.2) is 12.5 Å². The molecule has 2 rings (SSSR count). The molecule has 2 atom stereocenters. The molecule has 1 fully saturated rings. The highest BCUT2D eigenvalue weighted by Crippen LogP contribution is 2.47. The predicted octanol–water partition coefficient (Wildman–Crippen LogP) is 7.39. The monoisotopic (exact) mass is 385 g/mol. The minimum atomic E-state index is 0.217. The van der Waals surface area contributed by atoms with Crippen molar-refractivity contribution in [2.45, 2.75) is 109 Å². The molecule has 1 N–H and O–H groups in total. The van der Waals surface area contributed by atoms with Gasteiger partial charge >= 0.3 is 0 Å². The summed E-state index contributed by atoms with van der Waals surface area (Å²) in [6, 6.07) is 10.5. The normalized spacial score (nSPS) is 18.2. The van der Waals surface area contributed by atoms with E-state index in [-0.39, 0.29) is 11.8 Å². The molecule has 2 unspecified atom stereocenters. The van der Waals surface area contributed by atoms with Crippen LogP contribution >= 0.6 is 0 Å². The number of unbranched alkanes of at least 4 members (excludes halogenated alkanes) is 13. The topological polar surface area (TPSA) is 29.1 Å². The van der Waals surface area contributed by atoms with Crippen molar-refractivity contribution in [3.8, 4) is 0 Å². The van der Waals surface area contributed by atoms with Gasteiger partial charge < -0.3 is 5.32 Å². The third kappa shape index (κ3) is 9.75. The van der Waals surface area contributed by atoms with Gasteiger partial charge in [-0.1, -0.05) is 121 Å². The molecule has 0 radical (unpaired) electrons. The molecule has 0 spiro atoms. The van der Waals surface area contributed by atoms with E-state index in [0.717, 1.165) is 19.4 Å². The molecule has 1 aromatic carbocycles. The quantitative estimate of drug-likeness (QED) is 0.278. The number of rotatable bonds is 17. The minimum absolute atomic E-state index is 0.217. The summed E-state index contributed by atoms with van der Waals surface area (Å²) < 4.78 is 0. The van der Waals surface area contributed by atoms with Crippen LogP contribution in [0.5, 0.6) is 0 Å². The van der Waals surface area contributed by atoms with E-state index in [2.05, 4.69) is 36.5 Å². The molecule has 2 heteroatoms. The smallest absolute Gasteiger partial charge is 0.223 e. The Bertz CT molecular complexity index is 512. The minimum Gasteiger partial charge on any atom is -0.356 e. The zero-order valence-corrected chi connectivity index (χ0v) is 18.3. The molecular weight excluding hydrogens is 342 g/mol. The van der Waals surface area contributed by atoms with Gasteiger partial charge in [-0.3, -0.25) is 4.79 Å². The highest BCUT2D eigenvalue weighted by Gasteiger charge is 2.43. The van der Waals surface area contributed by atoms with Crippen LogP contribution in [0.25, 0.3) is 0 Å². The number of nitrogens with one attached hydrogen (secondary N) is 1. The first-order chi connectivity index (χ1) is 13.8. The van der Waals surface area contributed by atoms with Gasteiger partial charge in [-0.25, -0.2) is 0 Å². The van der Waals surface area contributed by atoms with Crippen LogP contribution in [0.3, 0.4) is 0 Å². The second-order valence-corrected chi connectivity index (χ2v) is 8.75. The molecule has 158 valence electrons. The maximum Gasteiger partial charge on any atom is 0.223 e. The van der Waals surface area contributed by atoms with E-state index >= 15 is 0 Å². The summed E-state index contributed by atoms with van der Waals surface area (Å²) in [5.41, 5.74) is 1.32. The standard InChI is InChI=1S/C26H43NO/c1-2-3-4-5-6-7-8-9-10-11-12-13-14-18-21-27-26(28)25-22-24(25)23-19-16-15-17-20-23/h15-17,19-20,24-25H,2-14,18,21-22H2,1H3,(H,27,28). The van der Waals surface area contributed by atoms with E-state index < -0.39 is 0 Å². The fourth-order valence-corrected chi connectivity index (χ4v) is 4.22. The molecule has 28 heavy (non-hydrogen) atoms. The van der Waals surface area contributed by atoms with Crippen LogP contribution in [0, 0.1) is 5.92 Å². The third-order valence-corrected chi connectivity index (χ3v) is 6.18. The van der Waals surface area contributed by atoms with E-state index in [1.807, 2.05) is 6.07 Å². The van der Waals surface area contributed by atoms with Gasteiger partial charge in [-0.2, -0.15) is 0 Å². The van der Waals surface area contributed by atoms with Crippen LogP contribution < -0.4 is 5.32 Å². The van der Waals surface area contributed by atoms with E-state index in [0.29, 0.717) is 5.92 Å². The summed E-state index contributed by atoms with van der Waals surface area (Å²) in [5, 5.41) is 3.15. The van der Waals surface area contributed by atoms with Crippen molar-refractivity contribution in [3.05, 3.63) is 35.9 Å². The molecule has 1 amide bonds. The first-order valence-corrected chi connectivity index (χ1v) is 12.2. The molecule has 1 aliphatic carbocycles. The molecule has 0 aliphatic heterocycles. The Morgan fingerprint density at radius 3 is 1.82 bits per heavy atom. The highest BCUT2D eigenvalue weighted by molar-refractivity contribution is 5.82. The van der Waals surface area contributed by atoms with Crippen molar-refractivity contribution in [1.82, 2.24) is 5.32 Å². The third-order valence-electron chi connectivity index (χ3n) is 6.18. The van der Waals surface area contributed by atoms with Crippen LogP contribution in [0.15, 0.2) is 30.3 Å². The lowest BCUT2D eigenvalue weighted by Gasteiger charge is -2.06. The number of carbonyl (C=O) groups is 1. The van der Waals surface area contributed by atoms with Crippen molar-refractivity contribution in [2.24, 2.45) is 5.92 Å². The van der Waals surface area contributed by atoms with Crippen molar-refractivity contribution >= 4 is 5.91 Å². The fourth-order valence-electron chi connectivity index (χ4n) is 4.22. The Hall–Kier alpha value is -1.31. The number of carbonyl (C=O) groups excluding carboxylic acids is 1. The van der Waals surface area contributed by atoms with Gasteiger partial charge in [0.1, 0.15) is 0 Å². The number of hydrogen-bond acceptors (Lipinski definition) is 1. The SMILES string of the molecule is CCCCCCCCCCCCCCCCNC(=O)C1CC1c1ccccc1. The molecule has 1 aromatic rings. The average Bonchev–Trinajstić information content (AvgIpc) is 3.52. The van der Waals surface area contributed by atoms with Gasteiger partial charge in [-0.05, 0) is 24.3 Å². The van der Waals surface area contributed by atoms with Gasteiger partial charge in [0.25, 0.3) is 0 Å². The lowest BCUT2D eigenvalue weighted by molar-refractivity contribution is -0.122. The summed E-state index contributed by atoms with van der Waals surface area (Å²) in [6.45, 7) is 3.14. The molecule has 0 saturated heterocycles. The Balaban J connectivity index is 1.32. The summed E-state index contributed by atoms with van der Waals surface area (Å²) in [7, 11) is 0. The lowest BCUT2D eigenvalue weighted by atomic mass is 10.0. The van der Waals surface area contributed by atoms with Crippen LogP contribution in [-0.2, 0) is 4.79 Å². The van der Waals surface area contributed by atoms with Crippen molar-refractivity contribution in [1.29, 1.82) is 0 Å². The Morgan fingerprint density at radius 1 is 0.786 bits per heavy atom. The predicted molar refractivity (Wildman–Crippen MR) is 121 cm³/mol. The van der Waals surface area contributed by atoms with Gasteiger partial charge in [0.2, 0.25) is 5.91 Å². The average molecular weight is 386 g/mol. The van der Waals surface area contributed by atoms with Gasteiger partial charge in [0, 0.05) is 12.5 Å². The lowest BCUT2D eigenvalue weighted by Crippen LogP contribution is -2.26. The van der Waals surface area contributed by atoms with Crippen LogP contribution in [0.1, 0.15) is 115 Å². The summed E-state index contributed by atoms with van der Waals surface area (Å²) >= 11 is 0. The zero-order chi connectivity index (χ0) is 19.9. The Kier molecular flexibility index (Phi) is 12.0. The van der Waals surface area contributed by atoms with Crippen LogP contribution in [0.2, 0.25) is 0 Å². The molecule has 0 aromatic heterocycles. The molecule has 0 heterocycles. The Labute approximate surface area is 173 Å². The van der Waals surface area contributed by atoms with Gasteiger partial charge in [-0.15, -0.1) is 0 Å². The van der Waals surface area contributed by atoms with Gasteiger partial charge in [0.15, 0.2) is 0 Å². The molecule has 1 saturated carbocycles. The maximum atomic E-state index is 12.2. The summed E-state index contributed by atoms with van der Waals surface area (Å²) in [5.74, 6) is 0.940. The largest absolute Gasteiger partial charge is 0.356 e. The number of hydrogen-bond donors (Lipinski definition) is 1. The highest BCUT2D eigenvalue weighted by atomic mass is 16.2. The molecule has 0 bridgehead atoms. The number of benzene rings is 1. The maximum absolute atomic E-state index is 12.2. The van der Waals surface area contributed by atoms with Crippen LogP contribution in [0.4, 0.5) is 0 Å². The first-order valence-electron chi connectivity index (χ1n) is 12.2. The Morgan fingerprint density at radius 2 is 1.29 bits per heavy atom. The summed E-state index contributed by atoms with van der Waals surface area (Å²) in [4.78, 5) is 12.2. The number of amides is 1. The van der Waals surface area contributed by atoms with Crippen molar-refractivity contribution in [2.75, 3.05) is 6.54 Å². The van der Waals surface area contributed by atoms with E-state index in [4.69, 9.17) is 0 Å². The fraction of sp³-hybridized carbons (Fsp3) is 0.731. The van der Waals surface area contributed by atoms with E-state index in [1.165, 1.54) is 89.0 Å².